The molecule has 3 heterocycles. The first-order valence-corrected chi connectivity index (χ1v) is 11.9. The van der Waals surface area contributed by atoms with Gasteiger partial charge < -0.3 is 9.30 Å². The minimum absolute atomic E-state index is 0.0471. The van der Waals surface area contributed by atoms with Gasteiger partial charge in [-0.3, -0.25) is 19.9 Å². The van der Waals surface area contributed by atoms with Crippen LogP contribution in [-0.2, 0) is 11.8 Å². The van der Waals surface area contributed by atoms with Crippen molar-refractivity contribution in [2.45, 2.75) is 33.7 Å². The predicted octanol–water partition coefficient (Wildman–Crippen LogP) is 3.32. The van der Waals surface area contributed by atoms with Crippen LogP contribution in [0.25, 0.3) is 11.4 Å². The van der Waals surface area contributed by atoms with Gasteiger partial charge in [0.15, 0.2) is 5.17 Å². The molecule has 3 aromatic rings. The summed E-state index contributed by atoms with van der Waals surface area (Å²) in [6.45, 7) is 8.63. The number of benzene rings is 1. The number of rotatable bonds is 6. The molecule has 0 saturated heterocycles. The minimum atomic E-state index is -0.0471. The van der Waals surface area contributed by atoms with E-state index in [9.17, 15) is 4.79 Å². The van der Waals surface area contributed by atoms with Gasteiger partial charge in [-0.25, -0.2) is 4.68 Å². The summed E-state index contributed by atoms with van der Waals surface area (Å²) in [5.41, 5.74) is 9.39. The van der Waals surface area contributed by atoms with Gasteiger partial charge in [0.2, 0.25) is 0 Å². The highest BCUT2D eigenvalue weighted by Crippen LogP contribution is 2.25. The maximum absolute atomic E-state index is 13.5. The second-order valence-electron chi connectivity index (χ2n) is 8.23. The van der Waals surface area contributed by atoms with Gasteiger partial charge in [0.25, 0.3) is 5.56 Å². The molecule has 174 valence electrons. The maximum atomic E-state index is 13.5. The number of aryl methyl sites for hydroxylation is 1. The van der Waals surface area contributed by atoms with Gasteiger partial charge in [0.05, 0.1) is 29.7 Å². The Balaban J connectivity index is 1.72. The van der Waals surface area contributed by atoms with E-state index in [4.69, 9.17) is 4.74 Å². The molecule has 0 aliphatic carbocycles. The fourth-order valence-electron chi connectivity index (χ4n) is 4.21. The van der Waals surface area contributed by atoms with Crippen molar-refractivity contribution >= 4 is 22.6 Å². The normalized spacial score (nSPS) is 16.1. The number of ether oxygens (including phenoxy) is 1. The smallest absolute Gasteiger partial charge is 0.295 e. The molecule has 0 radical (unpaired) electrons. The number of methoxy groups -OCH3 is 1. The van der Waals surface area contributed by atoms with Crippen LogP contribution in [0.3, 0.4) is 0 Å². The molecule has 0 amide bonds. The Bertz CT molecular complexity index is 1280. The van der Waals surface area contributed by atoms with E-state index in [0.29, 0.717) is 18.0 Å². The van der Waals surface area contributed by atoms with E-state index in [0.717, 1.165) is 39.2 Å². The number of aromatic nitrogens is 3. The van der Waals surface area contributed by atoms with E-state index in [1.807, 2.05) is 74.3 Å². The van der Waals surface area contributed by atoms with Crippen LogP contribution < -0.4 is 11.0 Å². The molecule has 1 aliphatic heterocycles. The summed E-state index contributed by atoms with van der Waals surface area (Å²) in [5.74, 6) is 0.706. The summed E-state index contributed by atoms with van der Waals surface area (Å²) in [6, 6.07) is 11.9. The topological polar surface area (TPSA) is 77.8 Å². The highest BCUT2D eigenvalue weighted by molar-refractivity contribution is 8.14. The van der Waals surface area contributed by atoms with E-state index in [1.165, 1.54) is 0 Å². The number of amidine groups is 1. The van der Waals surface area contributed by atoms with Gasteiger partial charge in [0.1, 0.15) is 5.69 Å². The van der Waals surface area contributed by atoms with Crippen molar-refractivity contribution in [3.63, 3.8) is 0 Å². The maximum Gasteiger partial charge on any atom is 0.295 e. The molecule has 4 rings (SSSR count). The molecule has 9 heteroatoms. The van der Waals surface area contributed by atoms with E-state index in [-0.39, 0.29) is 11.6 Å². The zero-order chi connectivity index (χ0) is 23.7. The number of para-hydroxylation sites is 1. The molecule has 0 bridgehead atoms. The Morgan fingerprint density at radius 1 is 1.21 bits per heavy atom. The van der Waals surface area contributed by atoms with Crippen molar-refractivity contribution in [2.75, 3.05) is 19.5 Å². The van der Waals surface area contributed by atoms with E-state index >= 15 is 0 Å². The summed E-state index contributed by atoms with van der Waals surface area (Å²) >= 11 is 1.62. The Morgan fingerprint density at radius 3 is 2.58 bits per heavy atom. The molecular formula is C24H30N6O2S. The van der Waals surface area contributed by atoms with E-state index in [1.54, 1.807) is 23.6 Å². The highest BCUT2D eigenvalue weighted by atomic mass is 32.2. The highest BCUT2D eigenvalue weighted by Gasteiger charge is 2.24. The Kier molecular flexibility index (Phi) is 6.62. The van der Waals surface area contributed by atoms with Crippen LogP contribution in [0, 0.1) is 20.8 Å². The van der Waals surface area contributed by atoms with Crippen molar-refractivity contribution in [3.05, 3.63) is 69.4 Å². The Morgan fingerprint density at radius 2 is 1.94 bits per heavy atom. The number of hydrogen-bond acceptors (Lipinski definition) is 5. The summed E-state index contributed by atoms with van der Waals surface area (Å²) < 4.78 is 10.8. The molecule has 8 nitrogen and oxygen atoms in total. The molecule has 0 saturated carbocycles. The third kappa shape index (κ3) is 4.30. The molecule has 1 unspecified atom stereocenters. The molecule has 1 aliphatic rings. The molecule has 0 spiro atoms. The fourth-order valence-corrected chi connectivity index (χ4v) is 5.07. The second-order valence-corrected chi connectivity index (χ2v) is 9.19. The SMILES string of the molecule is COCC(C)N=C1NN=C(c2cc(C)n(-c3c(C)n(C)n(-c4ccccc4)c3=O)c2C)CS1. The number of hydrazone groups is 1. The van der Waals surface area contributed by atoms with Crippen molar-refractivity contribution in [2.24, 2.45) is 17.1 Å². The van der Waals surface area contributed by atoms with Gasteiger partial charge in [-0.15, -0.1) is 0 Å². The first-order valence-electron chi connectivity index (χ1n) is 10.9. The van der Waals surface area contributed by atoms with Crippen molar-refractivity contribution < 1.29 is 4.74 Å². The standard InChI is InChI=1S/C24H30N6O2S/c1-15(13-32-6)25-24-27-26-21(14-33-24)20-12-16(2)29(17(20)3)22-18(4)28(5)30(23(22)31)19-10-8-7-9-11-19/h7-12,15H,13-14H2,1-6H3,(H,25,27). The second kappa shape index (κ2) is 9.44. The van der Waals surface area contributed by atoms with Crippen LogP contribution >= 0.6 is 11.8 Å². The summed E-state index contributed by atoms with van der Waals surface area (Å²) in [5, 5.41) is 5.38. The molecule has 33 heavy (non-hydrogen) atoms. The Labute approximate surface area is 197 Å². The summed E-state index contributed by atoms with van der Waals surface area (Å²) in [4.78, 5) is 18.1. The Hall–Kier alpha value is -3.04. The average Bonchev–Trinajstić information content (AvgIpc) is 3.20. The lowest BCUT2D eigenvalue weighted by Gasteiger charge is -2.16. The van der Waals surface area contributed by atoms with Gasteiger partial charge in [-0.05, 0) is 45.9 Å². The minimum Gasteiger partial charge on any atom is -0.382 e. The van der Waals surface area contributed by atoms with Crippen LogP contribution in [0.5, 0.6) is 0 Å². The zero-order valence-electron chi connectivity index (χ0n) is 19.9. The lowest BCUT2D eigenvalue weighted by atomic mass is 10.1. The monoisotopic (exact) mass is 466 g/mol. The number of hydrogen-bond donors (Lipinski definition) is 1. The van der Waals surface area contributed by atoms with Crippen molar-refractivity contribution in [1.82, 2.24) is 19.4 Å². The number of nitrogens with zero attached hydrogens (tertiary/aromatic N) is 5. The van der Waals surface area contributed by atoms with Crippen LogP contribution in [0.4, 0.5) is 0 Å². The third-order valence-electron chi connectivity index (χ3n) is 5.87. The van der Waals surface area contributed by atoms with Crippen LogP contribution in [0.1, 0.15) is 29.6 Å². The van der Waals surface area contributed by atoms with Gasteiger partial charge in [-0.2, -0.15) is 5.10 Å². The molecule has 2 aromatic heterocycles. The van der Waals surface area contributed by atoms with Crippen LogP contribution in [0.15, 0.2) is 51.3 Å². The first-order chi connectivity index (χ1) is 15.8. The molecule has 1 atom stereocenters. The van der Waals surface area contributed by atoms with Crippen molar-refractivity contribution in [1.29, 1.82) is 0 Å². The van der Waals surface area contributed by atoms with E-state index < -0.39 is 0 Å². The van der Waals surface area contributed by atoms with Crippen LogP contribution in [-0.4, -0.2) is 50.3 Å². The van der Waals surface area contributed by atoms with Crippen molar-refractivity contribution in [3.8, 4) is 11.4 Å². The third-order valence-corrected chi connectivity index (χ3v) is 6.75. The zero-order valence-corrected chi connectivity index (χ0v) is 20.7. The quantitative estimate of drug-likeness (QED) is 0.605. The molecule has 0 fully saturated rings. The van der Waals surface area contributed by atoms with Gasteiger partial charge >= 0.3 is 0 Å². The predicted molar refractivity (Wildman–Crippen MR) is 135 cm³/mol. The molecule has 1 N–H and O–H groups in total. The fraction of sp³-hybridized carbons (Fsp3) is 0.375. The number of aliphatic imine (C=N–C) groups is 1. The average molecular weight is 467 g/mol. The van der Waals surface area contributed by atoms with E-state index in [2.05, 4.69) is 21.6 Å². The largest absolute Gasteiger partial charge is 0.382 e. The number of nitrogens with one attached hydrogen (secondary N) is 1. The lowest BCUT2D eigenvalue weighted by molar-refractivity contribution is 0.186. The molecular weight excluding hydrogens is 436 g/mol. The number of thioether (sulfide) groups is 1. The van der Waals surface area contributed by atoms with Gasteiger partial charge in [0, 0.05) is 36.9 Å². The summed E-state index contributed by atoms with van der Waals surface area (Å²) in [6.07, 6.45) is 0. The first kappa shape index (κ1) is 23.1. The van der Waals surface area contributed by atoms with Crippen LogP contribution in [0.2, 0.25) is 0 Å². The van der Waals surface area contributed by atoms with Gasteiger partial charge in [-0.1, -0.05) is 30.0 Å². The molecule has 1 aromatic carbocycles. The lowest BCUT2D eigenvalue weighted by Crippen LogP contribution is -2.27. The summed E-state index contributed by atoms with van der Waals surface area (Å²) in [7, 11) is 3.59.